The van der Waals surface area contributed by atoms with E-state index >= 15 is 0 Å². The van der Waals surface area contributed by atoms with Crippen molar-refractivity contribution in [1.29, 1.82) is 0 Å². The maximum atomic E-state index is 5.45. The molecule has 0 atom stereocenters. The Balaban J connectivity index is 2.13. The quantitative estimate of drug-likeness (QED) is 0.860. The standard InChI is InChI=1S/C10H10BrN3O/c11-7-1-4-15-10(7)8-5-13-9-6-12-2-3-14(8)9/h1,4-5,12H,2-3,6H2. The third kappa shape index (κ3) is 1.42. The highest BCUT2D eigenvalue weighted by molar-refractivity contribution is 9.10. The highest BCUT2D eigenvalue weighted by Gasteiger charge is 2.18. The Bertz CT molecular complexity index is 489. The van der Waals surface area contributed by atoms with E-state index in [-0.39, 0.29) is 0 Å². The largest absolute Gasteiger partial charge is 0.462 e. The second-order valence-electron chi connectivity index (χ2n) is 3.49. The second kappa shape index (κ2) is 3.50. The minimum atomic E-state index is 0.832. The van der Waals surface area contributed by atoms with Crippen LogP contribution in [0.15, 0.2) is 27.4 Å². The molecule has 0 saturated carbocycles. The van der Waals surface area contributed by atoms with E-state index in [1.807, 2.05) is 12.3 Å². The molecular formula is C10H10BrN3O. The lowest BCUT2D eigenvalue weighted by Gasteiger charge is -2.16. The van der Waals surface area contributed by atoms with Gasteiger partial charge in [0.15, 0.2) is 5.76 Å². The molecular weight excluding hydrogens is 258 g/mol. The van der Waals surface area contributed by atoms with Gasteiger partial charge < -0.3 is 14.3 Å². The van der Waals surface area contributed by atoms with Crippen molar-refractivity contribution in [3.63, 3.8) is 0 Å². The van der Waals surface area contributed by atoms with Crippen LogP contribution in [0, 0.1) is 0 Å². The van der Waals surface area contributed by atoms with Crippen molar-refractivity contribution in [2.24, 2.45) is 0 Å². The van der Waals surface area contributed by atoms with Crippen LogP contribution in [0.4, 0.5) is 0 Å². The third-order valence-corrected chi connectivity index (χ3v) is 3.21. The number of imidazole rings is 1. The van der Waals surface area contributed by atoms with Gasteiger partial charge in [0.25, 0.3) is 0 Å². The van der Waals surface area contributed by atoms with Crippen LogP contribution in [-0.4, -0.2) is 16.1 Å². The fourth-order valence-electron chi connectivity index (χ4n) is 1.85. The molecule has 0 fully saturated rings. The highest BCUT2D eigenvalue weighted by Crippen LogP contribution is 2.30. The molecule has 2 aromatic heterocycles. The first-order valence-corrected chi connectivity index (χ1v) is 5.64. The zero-order chi connectivity index (χ0) is 10.3. The zero-order valence-corrected chi connectivity index (χ0v) is 9.62. The van der Waals surface area contributed by atoms with Crippen molar-refractivity contribution in [1.82, 2.24) is 14.9 Å². The molecule has 0 unspecified atom stereocenters. The Morgan fingerprint density at radius 2 is 2.47 bits per heavy atom. The van der Waals surface area contributed by atoms with E-state index in [1.165, 1.54) is 0 Å². The number of hydrogen-bond donors (Lipinski definition) is 1. The van der Waals surface area contributed by atoms with Crippen LogP contribution >= 0.6 is 15.9 Å². The van der Waals surface area contributed by atoms with Crippen molar-refractivity contribution in [3.05, 3.63) is 28.8 Å². The normalized spacial score (nSPS) is 15.3. The number of nitrogens with one attached hydrogen (secondary N) is 1. The fraction of sp³-hybridized carbons (Fsp3) is 0.300. The molecule has 1 aliphatic rings. The highest BCUT2D eigenvalue weighted by atomic mass is 79.9. The van der Waals surface area contributed by atoms with Gasteiger partial charge in [-0.15, -0.1) is 0 Å². The predicted molar refractivity (Wildman–Crippen MR) is 59.3 cm³/mol. The van der Waals surface area contributed by atoms with Gasteiger partial charge in [-0.3, -0.25) is 0 Å². The van der Waals surface area contributed by atoms with Gasteiger partial charge in [0.1, 0.15) is 11.5 Å². The van der Waals surface area contributed by atoms with Gasteiger partial charge in [-0.1, -0.05) is 0 Å². The average molecular weight is 268 g/mol. The van der Waals surface area contributed by atoms with Crippen molar-refractivity contribution in [2.75, 3.05) is 6.54 Å². The van der Waals surface area contributed by atoms with Gasteiger partial charge in [0.2, 0.25) is 0 Å². The number of aromatic nitrogens is 2. The number of rotatable bonds is 1. The minimum absolute atomic E-state index is 0.832. The fourth-order valence-corrected chi connectivity index (χ4v) is 2.26. The molecule has 0 spiro atoms. The van der Waals surface area contributed by atoms with Crippen molar-refractivity contribution in [2.45, 2.75) is 13.1 Å². The molecule has 3 rings (SSSR count). The van der Waals surface area contributed by atoms with Gasteiger partial charge in [0.05, 0.1) is 23.5 Å². The average Bonchev–Trinajstić information content (AvgIpc) is 2.83. The molecule has 0 amide bonds. The van der Waals surface area contributed by atoms with E-state index in [9.17, 15) is 0 Å². The molecule has 5 heteroatoms. The van der Waals surface area contributed by atoms with E-state index in [1.54, 1.807) is 6.26 Å². The first-order chi connectivity index (χ1) is 7.36. The first-order valence-electron chi connectivity index (χ1n) is 4.85. The molecule has 15 heavy (non-hydrogen) atoms. The molecule has 0 aromatic carbocycles. The topological polar surface area (TPSA) is 43.0 Å². The summed E-state index contributed by atoms with van der Waals surface area (Å²) in [5.41, 5.74) is 1.04. The molecule has 1 aliphatic heterocycles. The molecule has 1 N–H and O–H groups in total. The van der Waals surface area contributed by atoms with Crippen molar-refractivity contribution < 1.29 is 4.42 Å². The van der Waals surface area contributed by atoms with Crippen LogP contribution in [0.25, 0.3) is 11.5 Å². The summed E-state index contributed by atoms with van der Waals surface area (Å²) in [4.78, 5) is 4.37. The SMILES string of the molecule is Brc1ccoc1-c1cnc2n1CCNC2. The molecule has 0 saturated heterocycles. The second-order valence-corrected chi connectivity index (χ2v) is 4.34. The van der Waals surface area contributed by atoms with Gasteiger partial charge in [-0.2, -0.15) is 0 Å². The zero-order valence-electron chi connectivity index (χ0n) is 8.03. The van der Waals surface area contributed by atoms with Gasteiger partial charge in [-0.25, -0.2) is 4.98 Å². The summed E-state index contributed by atoms with van der Waals surface area (Å²) in [6.07, 6.45) is 3.55. The molecule has 0 aliphatic carbocycles. The van der Waals surface area contributed by atoms with Crippen LogP contribution in [-0.2, 0) is 13.1 Å². The van der Waals surface area contributed by atoms with Crippen LogP contribution < -0.4 is 5.32 Å². The number of nitrogens with zero attached hydrogens (tertiary/aromatic N) is 2. The van der Waals surface area contributed by atoms with E-state index in [2.05, 4.69) is 30.8 Å². The summed E-state index contributed by atoms with van der Waals surface area (Å²) < 4.78 is 8.62. The summed E-state index contributed by atoms with van der Waals surface area (Å²) >= 11 is 3.47. The number of fused-ring (bicyclic) bond motifs is 1. The first kappa shape index (κ1) is 9.18. The van der Waals surface area contributed by atoms with Gasteiger partial charge >= 0.3 is 0 Å². The lowest BCUT2D eigenvalue weighted by molar-refractivity contribution is 0.500. The number of hydrogen-bond acceptors (Lipinski definition) is 3. The lowest BCUT2D eigenvalue weighted by atomic mass is 10.3. The summed E-state index contributed by atoms with van der Waals surface area (Å²) in [6.45, 7) is 2.75. The molecule has 3 heterocycles. The molecule has 2 aromatic rings. The van der Waals surface area contributed by atoms with Crippen LogP contribution in [0.3, 0.4) is 0 Å². The summed E-state index contributed by atoms with van der Waals surface area (Å²) in [6, 6.07) is 1.90. The minimum Gasteiger partial charge on any atom is -0.462 e. The van der Waals surface area contributed by atoms with Crippen LogP contribution in [0.2, 0.25) is 0 Å². The van der Waals surface area contributed by atoms with E-state index < -0.39 is 0 Å². The van der Waals surface area contributed by atoms with Crippen molar-refractivity contribution in [3.8, 4) is 11.5 Å². The Hall–Kier alpha value is -1.07. The molecule has 0 bridgehead atoms. The Morgan fingerprint density at radius 3 is 3.27 bits per heavy atom. The van der Waals surface area contributed by atoms with Crippen LogP contribution in [0.1, 0.15) is 5.82 Å². The van der Waals surface area contributed by atoms with Gasteiger partial charge in [0, 0.05) is 13.1 Å². The summed E-state index contributed by atoms with van der Waals surface area (Å²) in [7, 11) is 0. The molecule has 4 nitrogen and oxygen atoms in total. The van der Waals surface area contributed by atoms with E-state index in [0.717, 1.165) is 41.4 Å². The monoisotopic (exact) mass is 267 g/mol. The van der Waals surface area contributed by atoms with E-state index in [0.29, 0.717) is 0 Å². The third-order valence-electron chi connectivity index (χ3n) is 2.58. The summed E-state index contributed by atoms with van der Waals surface area (Å²) in [5.74, 6) is 1.93. The number of halogens is 1. The van der Waals surface area contributed by atoms with Crippen LogP contribution in [0.5, 0.6) is 0 Å². The lowest BCUT2D eigenvalue weighted by Crippen LogP contribution is -2.28. The predicted octanol–water partition coefficient (Wildman–Crippen LogP) is 2.01. The van der Waals surface area contributed by atoms with Crippen molar-refractivity contribution >= 4 is 15.9 Å². The number of furan rings is 1. The van der Waals surface area contributed by atoms with E-state index in [4.69, 9.17) is 4.42 Å². The summed E-state index contributed by atoms with van der Waals surface area (Å²) in [5, 5.41) is 3.29. The Labute approximate surface area is 95.4 Å². The molecule has 78 valence electrons. The Kier molecular flexibility index (Phi) is 2.14. The molecule has 0 radical (unpaired) electrons. The maximum absolute atomic E-state index is 5.45. The maximum Gasteiger partial charge on any atom is 0.166 e. The smallest absolute Gasteiger partial charge is 0.166 e. The Morgan fingerprint density at radius 1 is 1.53 bits per heavy atom. The van der Waals surface area contributed by atoms with Gasteiger partial charge in [-0.05, 0) is 22.0 Å².